The summed E-state index contributed by atoms with van der Waals surface area (Å²) < 4.78 is 23.6. The van der Waals surface area contributed by atoms with Crippen molar-refractivity contribution in [2.24, 2.45) is 0 Å². The highest BCUT2D eigenvalue weighted by atomic mass is 28.4. The number of carbonyl (C=O) groups is 2. The highest BCUT2D eigenvalue weighted by Crippen LogP contribution is 2.41. The monoisotopic (exact) mass is 571 g/mol. The summed E-state index contributed by atoms with van der Waals surface area (Å²) in [6.07, 6.45) is -0.463. The van der Waals surface area contributed by atoms with Crippen molar-refractivity contribution in [3.8, 4) is 0 Å². The van der Waals surface area contributed by atoms with Crippen molar-refractivity contribution in [1.29, 1.82) is 0 Å². The van der Waals surface area contributed by atoms with Gasteiger partial charge in [0.05, 0.1) is 20.1 Å². The van der Waals surface area contributed by atoms with E-state index >= 15 is 0 Å². The van der Waals surface area contributed by atoms with Gasteiger partial charge < -0.3 is 18.4 Å². The van der Waals surface area contributed by atoms with Gasteiger partial charge in [0.2, 0.25) is 0 Å². The van der Waals surface area contributed by atoms with Crippen LogP contribution in [0.2, 0.25) is 5.04 Å². The van der Waals surface area contributed by atoms with Crippen LogP contribution in [0.4, 0.5) is 0 Å². The number of carbonyl (C=O) groups excluding carboxylic acids is 2. The fraction of sp³-hybridized carbons (Fsp3) is 0.303. The molecule has 8 heteroatoms. The Morgan fingerprint density at radius 2 is 1.41 bits per heavy atom. The molecule has 0 fully saturated rings. The summed E-state index contributed by atoms with van der Waals surface area (Å²) in [7, 11) is -1.77. The summed E-state index contributed by atoms with van der Waals surface area (Å²) in [6, 6.07) is 30.5. The van der Waals surface area contributed by atoms with Crippen LogP contribution in [0.5, 0.6) is 0 Å². The van der Waals surface area contributed by atoms with Crippen LogP contribution in [0.25, 0.3) is 0 Å². The molecular weight excluding hydrogens is 534 g/mol. The molecule has 0 amide bonds. The summed E-state index contributed by atoms with van der Waals surface area (Å²) >= 11 is 0. The van der Waals surface area contributed by atoms with Crippen LogP contribution in [0.1, 0.15) is 61.2 Å². The zero-order chi connectivity index (χ0) is 29.5. The first-order valence-corrected chi connectivity index (χ1v) is 15.7. The maximum atomic E-state index is 12.9. The lowest BCUT2D eigenvalue weighted by Gasteiger charge is -2.45. The van der Waals surface area contributed by atoms with Crippen LogP contribution in [0.3, 0.4) is 0 Å². The molecule has 1 heterocycles. The van der Waals surface area contributed by atoms with E-state index in [4.69, 9.17) is 18.4 Å². The maximum absolute atomic E-state index is 12.9. The first-order chi connectivity index (χ1) is 19.7. The number of benzene rings is 3. The number of rotatable bonds is 11. The second-order valence-electron chi connectivity index (χ2n) is 10.8. The summed E-state index contributed by atoms with van der Waals surface area (Å²) in [6.45, 7) is 8.45. The molecule has 1 atom stereocenters. The topological polar surface area (TPSA) is 87.9 Å². The van der Waals surface area contributed by atoms with Gasteiger partial charge in [-0.1, -0.05) is 117 Å². The standard InChI is InChI=1S/C33H37NO6Si/c1-6-38-32(36)30-27(23-29(35)37-5)31(39-34-30)28(22-24-16-10-7-11-17-24)40-41(33(2,3)4,25-18-12-8-13-19-25)26-20-14-9-15-21-26/h7-21,28H,6,22-23H2,1-5H3/t28-/m0/s1. The molecule has 1 aromatic heterocycles. The molecule has 4 aromatic rings. The van der Waals surface area contributed by atoms with E-state index in [9.17, 15) is 9.59 Å². The first kappa shape index (κ1) is 30.0. The van der Waals surface area contributed by atoms with E-state index in [0.717, 1.165) is 15.9 Å². The largest absolute Gasteiger partial charge is 0.469 e. The van der Waals surface area contributed by atoms with Gasteiger partial charge in [0.25, 0.3) is 8.32 Å². The number of aromatic nitrogens is 1. The predicted molar refractivity (Wildman–Crippen MR) is 160 cm³/mol. The molecular formula is C33H37NO6Si. The van der Waals surface area contributed by atoms with Gasteiger partial charge in [-0.25, -0.2) is 4.79 Å². The zero-order valence-electron chi connectivity index (χ0n) is 24.3. The minimum Gasteiger partial charge on any atom is -0.469 e. The predicted octanol–water partition coefficient (Wildman–Crippen LogP) is 5.43. The second kappa shape index (κ2) is 13.1. The third-order valence-electron chi connectivity index (χ3n) is 7.13. The molecule has 0 N–H and O–H groups in total. The van der Waals surface area contributed by atoms with Crippen molar-refractivity contribution < 1.29 is 28.0 Å². The Bertz CT molecular complexity index is 1390. The lowest BCUT2D eigenvalue weighted by Crippen LogP contribution is -2.67. The van der Waals surface area contributed by atoms with Crippen molar-refractivity contribution in [3.63, 3.8) is 0 Å². The molecule has 3 aromatic carbocycles. The molecule has 7 nitrogen and oxygen atoms in total. The third kappa shape index (κ3) is 6.50. The molecule has 0 bridgehead atoms. The molecule has 0 aliphatic carbocycles. The lowest BCUT2D eigenvalue weighted by molar-refractivity contribution is -0.139. The summed E-state index contributed by atoms with van der Waals surface area (Å²) in [5, 5.41) is 5.97. The fourth-order valence-corrected chi connectivity index (χ4v) is 9.87. The first-order valence-electron chi connectivity index (χ1n) is 13.8. The van der Waals surface area contributed by atoms with Gasteiger partial charge in [-0.3, -0.25) is 4.79 Å². The highest BCUT2D eigenvalue weighted by Gasteiger charge is 2.52. The Labute approximate surface area is 242 Å². The molecule has 0 saturated heterocycles. The van der Waals surface area contributed by atoms with Crippen molar-refractivity contribution >= 4 is 30.6 Å². The third-order valence-corrected chi connectivity index (χ3v) is 12.2. The molecule has 0 saturated carbocycles. The normalized spacial score (nSPS) is 12.5. The van der Waals surface area contributed by atoms with E-state index in [1.54, 1.807) is 6.92 Å². The Balaban J connectivity index is 1.96. The molecule has 4 rings (SSSR count). The Kier molecular flexibility index (Phi) is 9.57. The zero-order valence-corrected chi connectivity index (χ0v) is 25.3. The number of hydrogen-bond acceptors (Lipinski definition) is 7. The molecule has 0 unspecified atom stereocenters. The average Bonchev–Trinajstić information content (AvgIpc) is 3.39. The van der Waals surface area contributed by atoms with Gasteiger partial charge in [0.1, 0.15) is 6.10 Å². The number of nitrogens with zero attached hydrogens (tertiary/aromatic N) is 1. The molecule has 0 aliphatic heterocycles. The van der Waals surface area contributed by atoms with Crippen LogP contribution in [0, 0.1) is 0 Å². The SMILES string of the molecule is CCOC(=O)c1noc([C@H](Cc2ccccc2)O[Si](c2ccccc2)(c2ccccc2)C(C)(C)C)c1CC(=O)OC. The number of methoxy groups -OCH3 is 1. The van der Waals surface area contributed by atoms with E-state index in [2.05, 4.69) is 50.2 Å². The van der Waals surface area contributed by atoms with Crippen LogP contribution in [-0.2, 0) is 31.5 Å². The van der Waals surface area contributed by atoms with Crippen molar-refractivity contribution in [2.75, 3.05) is 13.7 Å². The molecule has 0 radical (unpaired) electrons. The number of hydrogen-bond donors (Lipinski definition) is 0. The van der Waals surface area contributed by atoms with Crippen LogP contribution >= 0.6 is 0 Å². The van der Waals surface area contributed by atoms with Crippen LogP contribution in [0.15, 0.2) is 95.5 Å². The van der Waals surface area contributed by atoms with Crippen molar-refractivity contribution in [2.45, 2.75) is 51.7 Å². The van der Waals surface area contributed by atoms with Crippen molar-refractivity contribution in [1.82, 2.24) is 5.16 Å². The van der Waals surface area contributed by atoms with Gasteiger partial charge in [-0.15, -0.1) is 0 Å². The maximum Gasteiger partial charge on any atom is 0.360 e. The minimum atomic E-state index is -3.07. The van der Waals surface area contributed by atoms with Gasteiger partial charge in [-0.2, -0.15) is 0 Å². The van der Waals surface area contributed by atoms with Gasteiger partial charge in [-0.05, 0) is 27.9 Å². The molecule has 41 heavy (non-hydrogen) atoms. The Hall–Kier alpha value is -4.01. The van der Waals surface area contributed by atoms with E-state index in [1.807, 2.05) is 66.7 Å². The number of ether oxygens (including phenoxy) is 2. The van der Waals surface area contributed by atoms with Crippen LogP contribution < -0.4 is 10.4 Å². The molecule has 0 aliphatic rings. The van der Waals surface area contributed by atoms with E-state index in [-0.39, 0.29) is 23.8 Å². The summed E-state index contributed by atoms with van der Waals surface area (Å²) in [5.41, 5.74) is 1.28. The van der Waals surface area contributed by atoms with Crippen molar-refractivity contribution in [3.05, 3.63) is 114 Å². The minimum absolute atomic E-state index is 0.0450. The quantitative estimate of drug-likeness (QED) is 0.175. The summed E-state index contributed by atoms with van der Waals surface area (Å²) in [4.78, 5) is 25.4. The Morgan fingerprint density at radius 3 is 1.90 bits per heavy atom. The number of esters is 2. The van der Waals surface area contributed by atoms with Gasteiger partial charge in [0, 0.05) is 12.0 Å². The average molecular weight is 572 g/mol. The smallest absolute Gasteiger partial charge is 0.360 e. The second-order valence-corrected chi connectivity index (χ2v) is 15.1. The van der Waals surface area contributed by atoms with E-state index in [1.165, 1.54) is 7.11 Å². The lowest BCUT2D eigenvalue weighted by atomic mass is 10.0. The van der Waals surface area contributed by atoms with Gasteiger partial charge in [0.15, 0.2) is 11.5 Å². The summed E-state index contributed by atoms with van der Waals surface area (Å²) in [5.74, 6) is -0.871. The van der Waals surface area contributed by atoms with Crippen LogP contribution in [-0.4, -0.2) is 39.1 Å². The van der Waals surface area contributed by atoms with Gasteiger partial charge >= 0.3 is 11.9 Å². The van der Waals surface area contributed by atoms with E-state index < -0.39 is 26.4 Å². The Morgan fingerprint density at radius 1 is 0.878 bits per heavy atom. The molecule has 214 valence electrons. The highest BCUT2D eigenvalue weighted by molar-refractivity contribution is 6.99. The molecule has 0 spiro atoms. The van der Waals surface area contributed by atoms with E-state index in [0.29, 0.717) is 17.7 Å². The fourth-order valence-electron chi connectivity index (χ4n) is 5.24.